The van der Waals surface area contributed by atoms with E-state index in [0.717, 1.165) is 17.5 Å². The van der Waals surface area contributed by atoms with Crippen molar-refractivity contribution in [1.82, 2.24) is 19.9 Å². The minimum absolute atomic E-state index is 0.0879. The van der Waals surface area contributed by atoms with Gasteiger partial charge in [0, 0.05) is 17.9 Å². The zero-order chi connectivity index (χ0) is 23.8. The normalized spacial score (nSPS) is 11.7. The monoisotopic (exact) mass is 466 g/mol. The van der Waals surface area contributed by atoms with Gasteiger partial charge < -0.3 is 9.26 Å². The van der Waals surface area contributed by atoms with Crippen LogP contribution in [0.4, 0.5) is 0 Å². The zero-order valence-corrected chi connectivity index (χ0v) is 19.3. The lowest BCUT2D eigenvalue weighted by molar-refractivity contribution is 0.0593. The van der Waals surface area contributed by atoms with E-state index in [9.17, 15) is 13.2 Å². The van der Waals surface area contributed by atoms with Gasteiger partial charge in [0.05, 0.1) is 17.7 Å². The number of carbonyl (C=O) groups is 1. The number of ether oxygens (including phenoxy) is 1. The van der Waals surface area contributed by atoms with Crippen LogP contribution in [0.5, 0.6) is 0 Å². The summed E-state index contributed by atoms with van der Waals surface area (Å²) < 4.78 is 35.7. The number of benzene rings is 2. The van der Waals surface area contributed by atoms with Crippen LogP contribution in [-0.4, -0.2) is 47.7 Å². The smallest absolute Gasteiger partial charge is 0.358 e. The van der Waals surface area contributed by atoms with Crippen LogP contribution in [0.3, 0.4) is 0 Å². The van der Waals surface area contributed by atoms with Crippen LogP contribution in [-0.2, 0) is 14.6 Å². The van der Waals surface area contributed by atoms with E-state index in [0.29, 0.717) is 11.3 Å². The first-order chi connectivity index (χ1) is 15.7. The summed E-state index contributed by atoms with van der Waals surface area (Å²) in [6, 6.07) is 15.5. The topological polar surface area (TPSA) is 117 Å². The molecule has 0 aliphatic rings. The molecule has 0 bridgehead atoms. The predicted molar refractivity (Wildman–Crippen MR) is 121 cm³/mol. The molecule has 0 atom stereocenters. The van der Waals surface area contributed by atoms with Crippen molar-refractivity contribution >= 4 is 15.8 Å². The Morgan fingerprint density at radius 1 is 1.09 bits per heavy atom. The van der Waals surface area contributed by atoms with Crippen molar-refractivity contribution in [3.63, 3.8) is 0 Å². The molecule has 0 saturated carbocycles. The number of sulfone groups is 1. The summed E-state index contributed by atoms with van der Waals surface area (Å²) in [6.07, 6.45) is 1.13. The lowest BCUT2D eigenvalue weighted by atomic mass is 10.0. The quantitative estimate of drug-likeness (QED) is 0.393. The third-order valence-electron chi connectivity index (χ3n) is 5.06. The maximum absolute atomic E-state index is 12.2. The second-order valence-electron chi connectivity index (χ2n) is 7.75. The second-order valence-corrected chi connectivity index (χ2v) is 9.77. The number of aromatic nitrogens is 4. The molecule has 0 spiro atoms. The summed E-state index contributed by atoms with van der Waals surface area (Å²) in [5.74, 6) is -0.0783. The molecule has 10 heteroatoms. The third-order valence-corrected chi connectivity index (χ3v) is 6.17. The van der Waals surface area contributed by atoms with Gasteiger partial charge in [-0.2, -0.15) is 10.1 Å². The highest BCUT2D eigenvalue weighted by Gasteiger charge is 2.23. The lowest BCUT2D eigenvalue weighted by Crippen LogP contribution is -2.07. The Balaban J connectivity index is 1.85. The third kappa shape index (κ3) is 4.42. The van der Waals surface area contributed by atoms with E-state index in [1.807, 2.05) is 24.3 Å². The molecule has 0 unspecified atom stereocenters. The number of rotatable bonds is 6. The van der Waals surface area contributed by atoms with E-state index in [-0.39, 0.29) is 28.2 Å². The fourth-order valence-electron chi connectivity index (χ4n) is 3.40. The second kappa shape index (κ2) is 8.62. The molecular weight excluding hydrogens is 444 g/mol. The average Bonchev–Trinajstić information content (AvgIpc) is 3.45. The summed E-state index contributed by atoms with van der Waals surface area (Å²) in [5.41, 5.74) is 2.75. The standard InChI is InChI=1S/C23H22N4O5S/c1-14(2)17-10-5-6-11-19(17)27-20(13-18(25-27)23(28)31-3)22-24-21(26-32-22)15-8-7-9-16(12-15)33(4,29)30/h5-14H,1-4H3. The summed E-state index contributed by atoms with van der Waals surface area (Å²) in [4.78, 5) is 16.8. The number of carbonyl (C=O) groups excluding carboxylic acids is 1. The van der Waals surface area contributed by atoms with Crippen LogP contribution >= 0.6 is 0 Å². The fraction of sp³-hybridized carbons (Fsp3) is 0.217. The fourth-order valence-corrected chi connectivity index (χ4v) is 4.07. The maximum Gasteiger partial charge on any atom is 0.358 e. The highest BCUT2D eigenvalue weighted by Crippen LogP contribution is 2.30. The van der Waals surface area contributed by atoms with Gasteiger partial charge in [-0.25, -0.2) is 17.9 Å². The molecule has 33 heavy (non-hydrogen) atoms. The molecule has 0 radical (unpaired) electrons. The zero-order valence-electron chi connectivity index (χ0n) is 18.5. The molecule has 0 aliphatic heterocycles. The van der Waals surface area contributed by atoms with Crippen molar-refractivity contribution in [2.24, 2.45) is 0 Å². The first-order valence-electron chi connectivity index (χ1n) is 10.1. The van der Waals surface area contributed by atoms with Crippen LogP contribution in [0.2, 0.25) is 0 Å². The van der Waals surface area contributed by atoms with Gasteiger partial charge in [0.15, 0.2) is 15.5 Å². The summed E-state index contributed by atoms with van der Waals surface area (Å²) in [5, 5.41) is 8.45. The van der Waals surface area contributed by atoms with Crippen molar-refractivity contribution in [2.45, 2.75) is 24.7 Å². The van der Waals surface area contributed by atoms with Gasteiger partial charge in [-0.1, -0.05) is 49.3 Å². The summed E-state index contributed by atoms with van der Waals surface area (Å²) in [6.45, 7) is 4.12. The number of hydrogen-bond donors (Lipinski definition) is 0. The van der Waals surface area contributed by atoms with E-state index < -0.39 is 15.8 Å². The van der Waals surface area contributed by atoms with E-state index in [2.05, 4.69) is 29.1 Å². The minimum Gasteiger partial charge on any atom is -0.464 e. The number of para-hydroxylation sites is 1. The van der Waals surface area contributed by atoms with Crippen LogP contribution < -0.4 is 0 Å². The van der Waals surface area contributed by atoms with Gasteiger partial charge >= 0.3 is 5.97 Å². The number of methoxy groups -OCH3 is 1. The predicted octanol–water partition coefficient (Wildman–Crippen LogP) is 3.90. The molecule has 9 nitrogen and oxygen atoms in total. The van der Waals surface area contributed by atoms with Gasteiger partial charge in [-0.05, 0) is 29.7 Å². The molecule has 4 rings (SSSR count). The molecule has 0 amide bonds. The van der Waals surface area contributed by atoms with Crippen molar-refractivity contribution in [1.29, 1.82) is 0 Å². The van der Waals surface area contributed by atoms with Gasteiger partial charge in [-0.3, -0.25) is 0 Å². The van der Waals surface area contributed by atoms with Crippen LogP contribution in [0.1, 0.15) is 35.8 Å². The highest BCUT2D eigenvalue weighted by atomic mass is 32.2. The first kappa shape index (κ1) is 22.4. The van der Waals surface area contributed by atoms with E-state index in [1.54, 1.807) is 16.8 Å². The van der Waals surface area contributed by atoms with Crippen LogP contribution in [0, 0.1) is 0 Å². The minimum atomic E-state index is -3.40. The first-order valence-corrected chi connectivity index (χ1v) is 12.0. The summed E-state index contributed by atoms with van der Waals surface area (Å²) in [7, 11) is -2.11. The average molecular weight is 467 g/mol. The molecule has 0 aliphatic carbocycles. The number of nitrogens with zero attached hydrogens (tertiary/aromatic N) is 4. The van der Waals surface area contributed by atoms with E-state index in [1.165, 1.54) is 25.3 Å². The van der Waals surface area contributed by atoms with Gasteiger partial charge in [0.1, 0.15) is 5.69 Å². The van der Waals surface area contributed by atoms with Crippen molar-refractivity contribution in [3.05, 3.63) is 65.9 Å². The molecule has 2 aromatic carbocycles. The van der Waals surface area contributed by atoms with Crippen molar-refractivity contribution < 1.29 is 22.5 Å². The Morgan fingerprint density at radius 2 is 1.85 bits per heavy atom. The molecule has 4 aromatic rings. The van der Waals surface area contributed by atoms with Gasteiger partial charge in [0.25, 0.3) is 5.89 Å². The SMILES string of the molecule is COC(=O)c1cc(-c2nc(-c3cccc(S(C)(=O)=O)c3)no2)n(-c2ccccc2C(C)C)n1. The molecular formula is C23H22N4O5S. The maximum atomic E-state index is 12.2. The van der Waals surface area contributed by atoms with E-state index >= 15 is 0 Å². The Hall–Kier alpha value is -3.79. The Kier molecular flexibility index (Phi) is 5.86. The Morgan fingerprint density at radius 3 is 2.55 bits per heavy atom. The van der Waals surface area contributed by atoms with Crippen molar-refractivity contribution in [2.75, 3.05) is 13.4 Å². The lowest BCUT2D eigenvalue weighted by Gasteiger charge is -2.13. The number of esters is 1. The Bertz CT molecular complexity index is 1440. The van der Waals surface area contributed by atoms with E-state index in [4.69, 9.17) is 9.26 Å². The highest BCUT2D eigenvalue weighted by molar-refractivity contribution is 7.90. The number of hydrogen-bond acceptors (Lipinski definition) is 8. The largest absolute Gasteiger partial charge is 0.464 e. The molecule has 2 aromatic heterocycles. The van der Waals surface area contributed by atoms with Gasteiger partial charge in [0.2, 0.25) is 5.82 Å². The molecule has 2 heterocycles. The Labute approximate surface area is 190 Å². The van der Waals surface area contributed by atoms with Gasteiger partial charge in [-0.15, -0.1) is 0 Å². The molecule has 0 saturated heterocycles. The van der Waals surface area contributed by atoms with Crippen LogP contribution in [0.15, 0.2) is 64.0 Å². The van der Waals surface area contributed by atoms with Crippen LogP contribution in [0.25, 0.3) is 28.7 Å². The summed E-state index contributed by atoms with van der Waals surface area (Å²) >= 11 is 0. The molecule has 0 N–H and O–H groups in total. The van der Waals surface area contributed by atoms with Crippen molar-refractivity contribution in [3.8, 4) is 28.7 Å². The molecule has 0 fully saturated rings. The molecule has 170 valence electrons.